The third-order valence-corrected chi connectivity index (χ3v) is 4.12. The van der Waals surface area contributed by atoms with Crippen molar-refractivity contribution in [2.75, 3.05) is 10.6 Å². The van der Waals surface area contributed by atoms with Gasteiger partial charge in [0.2, 0.25) is 6.41 Å². The van der Waals surface area contributed by atoms with Crippen molar-refractivity contribution in [2.24, 2.45) is 0 Å². The van der Waals surface area contributed by atoms with E-state index in [4.69, 9.17) is 0 Å². The highest BCUT2D eigenvalue weighted by Crippen LogP contribution is 2.23. The Morgan fingerprint density at radius 2 is 1.76 bits per heavy atom. The van der Waals surface area contributed by atoms with Crippen LogP contribution in [0, 0.1) is 11.6 Å². The predicted octanol–water partition coefficient (Wildman–Crippen LogP) is 3.72. The maximum Gasteiger partial charge on any atom is 0.255 e. The van der Waals surface area contributed by atoms with Gasteiger partial charge in [0.1, 0.15) is 23.3 Å². The molecular formula is C20H13F2N5O2. The summed E-state index contributed by atoms with van der Waals surface area (Å²) in [6.45, 7) is 0. The second-order valence-corrected chi connectivity index (χ2v) is 6.12. The van der Waals surface area contributed by atoms with Crippen LogP contribution in [0.25, 0.3) is 22.4 Å². The number of benzene rings is 2. The molecule has 0 bridgehead atoms. The van der Waals surface area contributed by atoms with E-state index < -0.39 is 17.5 Å². The Hall–Kier alpha value is -4.14. The number of nitrogens with one attached hydrogen (secondary N) is 3. The van der Waals surface area contributed by atoms with Crippen LogP contribution in [-0.2, 0) is 4.79 Å². The number of rotatable bonds is 5. The molecule has 144 valence electrons. The fourth-order valence-electron chi connectivity index (χ4n) is 2.79. The molecule has 0 radical (unpaired) electrons. The Bertz CT molecular complexity index is 1200. The summed E-state index contributed by atoms with van der Waals surface area (Å²) in [5.74, 6) is -1.30. The largest absolute Gasteiger partial charge is 0.337 e. The van der Waals surface area contributed by atoms with Gasteiger partial charge in [-0.05, 0) is 36.4 Å². The molecule has 0 aliphatic rings. The van der Waals surface area contributed by atoms with Crippen LogP contribution in [0.15, 0.2) is 54.7 Å². The van der Waals surface area contributed by atoms with E-state index in [0.29, 0.717) is 40.8 Å². The minimum atomic E-state index is -0.823. The Balaban J connectivity index is 1.53. The van der Waals surface area contributed by atoms with Crippen molar-refractivity contribution in [1.29, 1.82) is 0 Å². The first-order valence-electron chi connectivity index (χ1n) is 8.45. The minimum absolute atomic E-state index is 0.115. The van der Waals surface area contributed by atoms with Crippen molar-refractivity contribution in [1.82, 2.24) is 15.0 Å². The molecule has 2 aromatic carbocycles. The Kier molecular flexibility index (Phi) is 4.70. The molecule has 29 heavy (non-hydrogen) atoms. The van der Waals surface area contributed by atoms with E-state index in [1.54, 1.807) is 36.5 Å². The number of aromatic amines is 1. The topological polar surface area (TPSA) is 99.8 Å². The number of hydrogen-bond acceptors (Lipinski definition) is 4. The van der Waals surface area contributed by atoms with Gasteiger partial charge < -0.3 is 15.6 Å². The first-order valence-corrected chi connectivity index (χ1v) is 8.45. The number of hydrogen-bond donors (Lipinski definition) is 3. The number of fused-ring (bicyclic) bond motifs is 1. The third kappa shape index (κ3) is 3.93. The van der Waals surface area contributed by atoms with E-state index in [2.05, 4.69) is 25.6 Å². The van der Waals surface area contributed by atoms with Crippen LogP contribution in [0.5, 0.6) is 0 Å². The first-order chi connectivity index (χ1) is 14.0. The fraction of sp³-hybridized carbons (Fsp3) is 0. The van der Waals surface area contributed by atoms with Crippen LogP contribution >= 0.6 is 0 Å². The summed E-state index contributed by atoms with van der Waals surface area (Å²) >= 11 is 0. The summed E-state index contributed by atoms with van der Waals surface area (Å²) in [6, 6.07) is 11.0. The lowest BCUT2D eigenvalue weighted by Crippen LogP contribution is -2.12. The van der Waals surface area contributed by atoms with E-state index in [9.17, 15) is 18.4 Å². The minimum Gasteiger partial charge on any atom is -0.337 e. The van der Waals surface area contributed by atoms with E-state index in [0.717, 1.165) is 17.7 Å². The van der Waals surface area contributed by atoms with Gasteiger partial charge in [0.15, 0.2) is 0 Å². The van der Waals surface area contributed by atoms with E-state index >= 15 is 0 Å². The molecule has 7 nitrogen and oxygen atoms in total. The van der Waals surface area contributed by atoms with Gasteiger partial charge in [0, 0.05) is 28.9 Å². The standard InChI is InChI=1S/C20H13F2N5O2/c21-13-5-12(6-14(22)7-13)20(29)25-15-3-1-11(2-4-15)19-26-16-8-18(24-10-28)23-9-17(16)27-19/h1-10H,(H,25,29)(H,26,27)(H,23,24,28). The van der Waals surface area contributed by atoms with Gasteiger partial charge in [-0.15, -0.1) is 0 Å². The normalized spacial score (nSPS) is 10.7. The second kappa shape index (κ2) is 7.47. The zero-order valence-corrected chi connectivity index (χ0v) is 14.7. The number of imidazole rings is 1. The van der Waals surface area contributed by atoms with Crippen LogP contribution in [0.3, 0.4) is 0 Å². The summed E-state index contributed by atoms with van der Waals surface area (Å²) in [5.41, 5.74) is 2.42. The Morgan fingerprint density at radius 1 is 1.03 bits per heavy atom. The summed E-state index contributed by atoms with van der Waals surface area (Å²) < 4.78 is 26.5. The molecule has 2 heterocycles. The number of anilines is 2. The van der Waals surface area contributed by atoms with Crippen molar-refractivity contribution in [3.63, 3.8) is 0 Å². The molecule has 9 heteroatoms. The van der Waals surface area contributed by atoms with E-state index in [1.165, 1.54) is 0 Å². The molecule has 2 amide bonds. The lowest BCUT2D eigenvalue weighted by molar-refractivity contribution is -0.105. The number of carbonyl (C=O) groups excluding carboxylic acids is 2. The van der Waals surface area contributed by atoms with Gasteiger partial charge in [-0.1, -0.05) is 0 Å². The molecule has 0 unspecified atom stereocenters. The number of pyridine rings is 1. The number of halogens is 2. The third-order valence-electron chi connectivity index (χ3n) is 4.12. The maximum absolute atomic E-state index is 13.3. The summed E-state index contributed by atoms with van der Waals surface area (Å²) in [7, 11) is 0. The highest BCUT2D eigenvalue weighted by molar-refractivity contribution is 6.04. The van der Waals surface area contributed by atoms with E-state index in [1.807, 2.05) is 0 Å². The highest BCUT2D eigenvalue weighted by Gasteiger charge is 2.11. The first kappa shape index (κ1) is 18.2. The molecular weight excluding hydrogens is 380 g/mol. The molecule has 0 aliphatic carbocycles. The molecule has 4 rings (SSSR count). The molecule has 0 fully saturated rings. The number of amides is 2. The van der Waals surface area contributed by atoms with Crippen molar-refractivity contribution in [3.8, 4) is 11.4 Å². The summed E-state index contributed by atoms with van der Waals surface area (Å²) in [6.07, 6.45) is 2.09. The SMILES string of the molecule is O=CNc1cc2nc(-c3ccc(NC(=O)c4cc(F)cc(F)c4)cc3)[nH]c2cn1. The zero-order valence-electron chi connectivity index (χ0n) is 14.7. The molecule has 0 saturated carbocycles. The van der Waals surface area contributed by atoms with Crippen LogP contribution in [0.2, 0.25) is 0 Å². The molecule has 0 saturated heterocycles. The van der Waals surface area contributed by atoms with Gasteiger partial charge in [-0.25, -0.2) is 18.7 Å². The molecule has 2 aromatic heterocycles. The Morgan fingerprint density at radius 3 is 2.45 bits per heavy atom. The highest BCUT2D eigenvalue weighted by atomic mass is 19.1. The molecule has 4 aromatic rings. The molecule has 0 atom stereocenters. The molecule has 0 spiro atoms. The van der Waals surface area contributed by atoms with Crippen LogP contribution in [-0.4, -0.2) is 27.3 Å². The molecule has 0 aliphatic heterocycles. The predicted molar refractivity (Wildman–Crippen MR) is 103 cm³/mol. The van der Waals surface area contributed by atoms with Crippen LogP contribution in [0.1, 0.15) is 10.4 Å². The van der Waals surface area contributed by atoms with Crippen molar-refractivity contribution in [2.45, 2.75) is 0 Å². The van der Waals surface area contributed by atoms with Gasteiger partial charge in [0.25, 0.3) is 5.91 Å². The van der Waals surface area contributed by atoms with Gasteiger partial charge >= 0.3 is 0 Å². The van der Waals surface area contributed by atoms with Crippen molar-refractivity contribution >= 4 is 34.9 Å². The number of aromatic nitrogens is 3. The van der Waals surface area contributed by atoms with Crippen LogP contribution < -0.4 is 10.6 Å². The quantitative estimate of drug-likeness (QED) is 0.450. The summed E-state index contributed by atoms with van der Waals surface area (Å²) in [5, 5.41) is 5.05. The monoisotopic (exact) mass is 393 g/mol. The van der Waals surface area contributed by atoms with Crippen molar-refractivity contribution < 1.29 is 18.4 Å². The zero-order chi connectivity index (χ0) is 20.4. The lowest BCUT2D eigenvalue weighted by Gasteiger charge is -2.06. The van der Waals surface area contributed by atoms with Crippen molar-refractivity contribution in [3.05, 3.63) is 71.9 Å². The molecule has 3 N–H and O–H groups in total. The van der Waals surface area contributed by atoms with E-state index in [-0.39, 0.29) is 5.56 Å². The number of carbonyl (C=O) groups is 2. The Labute approximate surface area is 162 Å². The fourth-order valence-corrected chi connectivity index (χ4v) is 2.79. The number of nitrogens with zero attached hydrogens (tertiary/aromatic N) is 2. The van der Waals surface area contributed by atoms with Gasteiger partial charge in [0.05, 0.1) is 17.2 Å². The maximum atomic E-state index is 13.3. The smallest absolute Gasteiger partial charge is 0.255 e. The van der Waals surface area contributed by atoms with Crippen LogP contribution in [0.4, 0.5) is 20.3 Å². The van der Waals surface area contributed by atoms with Gasteiger partial charge in [-0.2, -0.15) is 0 Å². The summed E-state index contributed by atoms with van der Waals surface area (Å²) in [4.78, 5) is 34.4. The number of H-pyrrole nitrogens is 1. The second-order valence-electron chi connectivity index (χ2n) is 6.12. The average molecular weight is 393 g/mol. The van der Waals surface area contributed by atoms with Gasteiger partial charge in [-0.3, -0.25) is 9.59 Å². The lowest BCUT2D eigenvalue weighted by atomic mass is 10.1. The average Bonchev–Trinajstić information content (AvgIpc) is 3.11.